The molecule has 37 heavy (non-hydrogen) atoms. The molecule has 0 fully saturated rings. The van der Waals surface area contributed by atoms with Gasteiger partial charge in [-0.2, -0.15) is 0 Å². The minimum Gasteiger partial charge on any atom is -0.497 e. The summed E-state index contributed by atoms with van der Waals surface area (Å²) in [7, 11) is 5.70. The number of carbonyl (C=O) groups excluding carboxylic acids is 2. The van der Waals surface area contributed by atoms with Crippen LogP contribution >= 0.6 is 0 Å². The number of hydrogen-bond acceptors (Lipinski definition) is 5. The van der Waals surface area contributed by atoms with Crippen LogP contribution in [0.1, 0.15) is 27.0 Å². The largest absolute Gasteiger partial charge is 0.497 e. The van der Waals surface area contributed by atoms with Crippen molar-refractivity contribution in [3.63, 3.8) is 0 Å². The first-order valence-electron chi connectivity index (χ1n) is 11.9. The molecule has 0 atom stereocenters. The van der Waals surface area contributed by atoms with Gasteiger partial charge in [-0.3, -0.25) is 4.79 Å². The Bertz CT molecular complexity index is 1550. The lowest BCUT2D eigenvalue weighted by Gasteiger charge is -2.11. The van der Waals surface area contributed by atoms with Gasteiger partial charge in [0.05, 0.1) is 18.4 Å². The highest BCUT2D eigenvalue weighted by Crippen LogP contribution is 2.38. The first-order chi connectivity index (χ1) is 17.8. The molecular weight excluding hydrogens is 468 g/mol. The third kappa shape index (κ3) is 4.92. The Balaban J connectivity index is 1.59. The van der Waals surface area contributed by atoms with E-state index in [1.165, 1.54) is 5.56 Å². The van der Waals surface area contributed by atoms with E-state index in [0.29, 0.717) is 17.1 Å². The van der Waals surface area contributed by atoms with Crippen molar-refractivity contribution in [1.29, 1.82) is 0 Å². The number of nitrogens with one attached hydrogen (secondary N) is 2. The number of urea groups is 1. The number of carbonyl (C=O) groups is 2. The van der Waals surface area contributed by atoms with E-state index in [9.17, 15) is 9.59 Å². The summed E-state index contributed by atoms with van der Waals surface area (Å²) in [6.45, 7) is 1.03. The molecule has 8 heteroatoms. The molecule has 4 aromatic rings. The fraction of sp³-hybridized carbons (Fsp3) is 0.172. The van der Waals surface area contributed by atoms with E-state index in [-0.39, 0.29) is 18.1 Å². The lowest BCUT2D eigenvalue weighted by Crippen LogP contribution is -2.28. The maximum atomic E-state index is 13.3. The summed E-state index contributed by atoms with van der Waals surface area (Å²) in [6, 6.07) is 18.8. The Morgan fingerprint density at radius 1 is 1.11 bits per heavy atom. The molecule has 1 aromatic heterocycles. The van der Waals surface area contributed by atoms with Crippen molar-refractivity contribution in [2.24, 2.45) is 5.73 Å². The summed E-state index contributed by atoms with van der Waals surface area (Å²) in [4.78, 5) is 30.1. The van der Waals surface area contributed by atoms with Crippen LogP contribution in [0.15, 0.2) is 66.4 Å². The highest BCUT2D eigenvalue weighted by Gasteiger charge is 2.28. The average molecular weight is 497 g/mol. The van der Waals surface area contributed by atoms with Crippen molar-refractivity contribution in [3.05, 3.63) is 88.7 Å². The van der Waals surface area contributed by atoms with Gasteiger partial charge in [-0.05, 0) is 73.3 Å². The monoisotopic (exact) mass is 496 g/mol. The molecular formula is C29H28N4O4. The molecule has 0 radical (unpaired) electrons. The van der Waals surface area contributed by atoms with Gasteiger partial charge >= 0.3 is 6.03 Å². The van der Waals surface area contributed by atoms with Crippen molar-refractivity contribution in [2.45, 2.75) is 13.1 Å². The van der Waals surface area contributed by atoms with Gasteiger partial charge in [0.1, 0.15) is 11.5 Å². The number of benzene rings is 3. The van der Waals surface area contributed by atoms with Gasteiger partial charge in [0.15, 0.2) is 5.76 Å². The molecule has 3 aromatic carbocycles. The SMILES string of the molecule is COc1ccc2[nH]c(-c3cccc(CN(C)C)c3)c(C=C3Oc4ccc(CNC(N)=O)cc4C3=O)c2c1. The summed E-state index contributed by atoms with van der Waals surface area (Å²) < 4.78 is 11.5. The van der Waals surface area contributed by atoms with Crippen LogP contribution in [-0.2, 0) is 13.1 Å². The van der Waals surface area contributed by atoms with E-state index in [0.717, 1.165) is 39.8 Å². The Kier molecular flexibility index (Phi) is 6.42. The van der Waals surface area contributed by atoms with Crippen molar-refractivity contribution >= 4 is 28.8 Å². The Hall–Kier alpha value is -4.56. The zero-order valence-corrected chi connectivity index (χ0v) is 20.9. The third-order valence-electron chi connectivity index (χ3n) is 6.23. The molecule has 0 spiro atoms. The van der Waals surface area contributed by atoms with Crippen LogP contribution in [0.3, 0.4) is 0 Å². The third-order valence-corrected chi connectivity index (χ3v) is 6.23. The number of primary amides is 1. The van der Waals surface area contributed by atoms with E-state index < -0.39 is 6.03 Å². The summed E-state index contributed by atoms with van der Waals surface area (Å²) in [5.74, 6) is 1.20. The van der Waals surface area contributed by atoms with Crippen LogP contribution in [0, 0.1) is 0 Å². The summed E-state index contributed by atoms with van der Waals surface area (Å²) >= 11 is 0. The fourth-order valence-electron chi connectivity index (χ4n) is 4.55. The number of ketones is 1. The molecule has 0 saturated heterocycles. The van der Waals surface area contributed by atoms with Gasteiger partial charge in [0, 0.05) is 29.6 Å². The molecule has 1 aliphatic rings. The minimum atomic E-state index is -0.624. The number of amides is 2. The second kappa shape index (κ2) is 9.83. The number of aromatic amines is 1. The van der Waals surface area contributed by atoms with E-state index in [2.05, 4.69) is 27.3 Å². The fourth-order valence-corrected chi connectivity index (χ4v) is 4.55. The molecule has 5 rings (SSSR count). The van der Waals surface area contributed by atoms with E-state index in [4.69, 9.17) is 15.2 Å². The maximum Gasteiger partial charge on any atom is 0.312 e. The van der Waals surface area contributed by atoms with Crippen molar-refractivity contribution in [3.8, 4) is 22.8 Å². The van der Waals surface area contributed by atoms with Crippen LogP contribution < -0.4 is 20.5 Å². The molecule has 4 N–H and O–H groups in total. The topological polar surface area (TPSA) is 110 Å². The number of hydrogen-bond donors (Lipinski definition) is 3. The molecule has 188 valence electrons. The predicted octanol–water partition coefficient (Wildman–Crippen LogP) is 4.69. The highest BCUT2D eigenvalue weighted by molar-refractivity contribution is 6.16. The Labute approximate surface area is 214 Å². The van der Waals surface area contributed by atoms with E-state index in [1.54, 1.807) is 31.4 Å². The molecule has 0 aliphatic carbocycles. The number of nitrogens with zero attached hydrogens (tertiary/aromatic N) is 1. The lowest BCUT2D eigenvalue weighted by molar-refractivity contribution is 0.101. The molecule has 0 unspecified atom stereocenters. The second-order valence-corrected chi connectivity index (χ2v) is 9.25. The normalized spacial score (nSPS) is 13.7. The van der Waals surface area contributed by atoms with Gasteiger partial charge in [-0.15, -0.1) is 0 Å². The number of Topliss-reactive ketones (excluding diaryl/α,β-unsaturated/α-hetero) is 1. The Morgan fingerprint density at radius 2 is 1.95 bits per heavy atom. The lowest BCUT2D eigenvalue weighted by atomic mass is 10.0. The van der Waals surface area contributed by atoms with Gasteiger partial charge in [0.25, 0.3) is 0 Å². The number of methoxy groups -OCH3 is 1. The molecule has 2 heterocycles. The second-order valence-electron chi connectivity index (χ2n) is 9.25. The molecule has 1 aliphatic heterocycles. The van der Waals surface area contributed by atoms with Crippen molar-refractivity contribution in [2.75, 3.05) is 21.2 Å². The zero-order valence-electron chi connectivity index (χ0n) is 20.9. The zero-order chi connectivity index (χ0) is 26.1. The summed E-state index contributed by atoms with van der Waals surface area (Å²) in [5, 5.41) is 3.46. The number of nitrogens with two attached hydrogens (primary N) is 1. The van der Waals surface area contributed by atoms with Crippen LogP contribution in [0.5, 0.6) is 11.5 Å². The number of rotatable bonds is 7. The average Bonchev–Trinajstić information content (AvgIpc) is 3.39. The van der Waals surface area contributed by atoms with Crippen LogP contribution in [-0.4, -0.2) is 42.9 Å². The van der Waals surface area contributed by atoms with Crippen LogP contribution in [0.25, 0.3) is 28.2 Å². The predicted molar refractivity (Wildman–Crippen MR) is 143 cm³/mol. The minimum absolute atomic E-state index is 0.222. The van der Waals surface area contributed by atoms with Gasteiger partial charge < -0.3 is 30.4 Å². The summed E-state index contributed by atoms with van der Waals surface area (Å²) in [6.07, 6.45) is 1.79. The molecule has 2 amide bonds. The number of ether oxygens (including phenoxy) is 2. The smallest absolute Gasteiger partial charge is 0.312 e. The highest BCUT2D eigenvalue weighted by atomic mass is 16.5. The number of H-pyrrole nitrogens is 1. The van der Waals surface area contributed by atoms with Crippen LogP contribution in [0.4, 0.5) is 4.79 Å². The number of fused-ring (bicyclic) bond motifs is 2. The van der Waals surface area contributed by atoms with Gasteiger partial charge in [0.2, 0.25) is 5.78 Å². The molecule has 0 saturated carbocycles. The quantitative estimate of drug-likeness (QED) is 0.322. The molecule has 0 bridgehead atoms. The summed E-state index contributed by atoms with van der Waals surface area (Å²) in [5.41, 5.74) is 11.2. The first kappa shape index (κ1) is 24.1. The first-order valence-corrected chi connectivity index (χ1v) is 11.9. The standard InChI is InChI=1S/C29H28N4O4/c1-33(2)16-18-5-4-6-19(11-18)27-22(21-13-20(36-3)8-9-24(21)32-27)14-26-28(34)23-12-17(15-31-29(30)35)7-10-25(23)37-26/h4-14,32H,15-16H2,1-3H3,(H3,30,31,35). The number of allylic oxidation sites excluding steroid dienone is 1. The number of aromatic nitrogens is 1. The van der Waals surface area contributed by atoms with Crippen molar-refractivity contribution < 1.29 is 19.1 Å². The van der Waals surface area contributed by atoms with E-state index in [1.807, 2.05) is 44.4 Å². The maximum absolute atomic E-state index is 13.3. The van der Waals surface area contributed by atoms with E-state index >= 15 is 0 Å². The Morgan fingerprint density at radius 3 is 2.70 bits per heavy atom. The molecule has 8 nitrogen and oxygen atoms in total. The van der Waals surface area contributed by atoms with Crippen LogP contribution in [0.2, 0.25) is 0 Å². The van der Waals surface area contributed by atoms with Gasteiger partial charge in [-0.25, -0.2) is 4.79 Å². The van der Waals surface area contributed by atoms with Gasteiger partial charge in [-0.1, -0.05) is 24.3 Å². The van der Waals surface area contributed by atoms with Crippen molar-refractivity contribution in [1.82, 2.24) is 15.2 Å².